The minimum absolute atomic E-state index is 0.198. The number of carbonyl (C=O) groups excluding carboxylic acids is 3. The summed E-state index contributed by atoms with van der Waals surface area (Å²) in [5.74, 6) is 0.442. The third kappa shape index (κ3) is 7.31. The molecule has 10 heteroatoms. The molecule has 1 aliphatic rings. The first-order valence-electron chi connectivity index (χ1n) is 14.1. The van der Waals surface area contributed by atoms with E-state index in [-0.39, 0.29) is 24.2 Å². The number of benzene rings is 1. The van der Waals surface area contributed by atoms with Crippen LogP contribution in [0.5, 0.6) is 0 Å². The molecule has 1 saturated heterocycles. The average Bonchev–Trinajstić information content (AvgIpc) is 3.38. The third-order valence-corrected chi connectivity index (χ3v) is 6.76. The van der Waals surface area contributed by atoms with E-state index in [1.54, 1.807) is 42.3 Å². The first kappa shape index (κ1) is 29.8. The second-order valence-corrected chi connectivity index (χ2v) is 11.4. The SMILES string of the molecule is CCOC(=O)c1[nH]c([C@@H]2CCCCN2C(=O)OC(C)(C)C)nc1-c1ccc(C(=O)Nc2cc(C(C)C)ccn2)cc1. The molecule has 2 aromatic heterocycles. The molecule has 3 heterocycles. The van der Waals surface area contributed by atoms with Crippen LogP contribution in [0.3, 0.4) is 0 Å². The van der Waals surface area contributed by atoms with Crippen molar-refractivity contribution in [3.05, 3.63) is 65.2 Å². The maximum Gasteiger partial charge on any atom is 0.410 e. The smallest absolute Gasteiger partial charge is 0.410 e. The number of rotatable bonds is 7. The summed E-state index contributed by atoms with van der Waals surface area (Å²) < 4.78 is 10.9. The van der Waals surface area contributed by atoms with Crippen LogP contribution in [-0.2, 0) is 9.47 Å². The molecule has 1 aliphatic heterocycles. The Bertz CT molecular complexity index is 1390. The van der Waals surface area contributed by atoms with Gasteiger partial charge in [-0.15, -0.1) is 0 Å². The van der Waals surface area contributed by atoms with Crippen LogP contribution < -0.4 is 5.32 Å². The van der Waals surface area contributed by atoms with Gasteiger partial charge < -0.3 is 19.8 Å². The molecular weight excluding hydrogens is 522 g/mol. The van der Waals surface area contributed by atoms with Crippen molar-refractivity contribution in [1.29, 1.82) is 0 Å². The number of nitrogens with one attached hydrogen (secondary N) is 2. The van der Waals surface area contributed by atoms with Gasteiger partial charge in [-0.2, -0.15) is 0 Å². The number of anilines is 1. The number of ether oxygens (including phenoxy) is 2. The molecule has 0 aliphatic carbocycles. The quantitative estimate of drug-likeness (QED) is 0.316. The van der Waals surface area contributed by atoms with Crippen LogP contribution in [0.25, 0.3) is 11.3 Å². The predicted octanol–water partition coefficient (Wildman–Crippen LogP) is 6.49. The Labute approximate surface area is 240 Å². The number of carbonyl (C=O) groups is 3. The van der Waals surface area contributed by atoms with Crippen molar-refractivity contribution in [1.82, 2.24) is 19.9 Å². The zero-order chi connectivity index (χ0) is 29.7. The van der Waals surface area contributed by atoms with Crippen LogP contribution in [0.2, 0.25) is 0 Å². The highest BCUT2D eigenvalue weighted by atomic mass is 16.6. The minimum atomic E-state index is -0.634. The number of hydrogen-bond donors (Lipinski definition) is 2. The van der Waals surface area contributed by atoms with Crippen LogP contribution in [0.15, 0.2) is 42.6 Å². The molecule has 1 atom stereocenters. The van der Waals surface area contributed by atoms with Crippen molar-refractivity contribution in [3.63, 3.8) is 0 Å². The van der Waals surface area contributed by atoms with E-state index >= 15 is 0 Å². The lowest BCUT2D eigenvalue weighted by molar-refractivity contribution is 0.00853. The maximum atomic E-state index is 13.0. The summed E-state index contributed by atoms with van der Waals surface area (Å²) in [5.41, 5.74) is 2.10. The lowest BCUT2D eigenvalue weighted by atomic mass is 10.0. The molecule has 1 aromatic carbocycles. The van der Waals surface area contributed by atoms with Crippen LogP contribution >= 0.6 is 0 Å². The molecule has 0 radical (unpaired) electrons. The number of H-pyrrole nitrogens is 1. The predicted molar refractivity (Wildman–Crippen MR) is 156 cm³/mol. The van der Waals surface area contributed by atoms with E-state index in [1.807, 2.05) is 32.9 Å². The first-order chi connectivity index (χ1) is 19.5. The second kappa shape index (κ2) is 12.5. The van der Waals surface area contributed by atoms with Gasteiger partial charge in [0.25, 0.3) is 5.91 Å². The summed E-state index contributed by atoms with van der Waals surface area (Å²) in [6.45, 7) is 12.1. The number of nitrogens with zero attached hydrogens (tertiary/aromatic N) is 3. The fourth-order valence-corrected chi connectivity index (χ4v) is 4.71. The normalized spacial score (nSPS) is 15.5. The number of piperidine rings is 1. The fraction of sp³-hybridized carbons (Fsp3) is 0.452. The van der Waals surface area contributed by atoms with Gasteiger partial charge in [0.15, 0.2) is 5.69 Å². The lowest BCUT2D eigenvalue weighted by Crippen LogP contribution is -2.42. The van der Waals surface area contributed by atoms with Gasteiger partial charge in [0.05, 0.1) is 12.6 Å². The first-order valence-corrected chi connectivity index (χ1v) is 14.1. The number of amides is 2. The van der Waals surface area contributed by atoms with Gasteiger partial charge in [-0.05, 0) is 82.7 Å². The molecule has 1 fully saturated rings. The largest absolute Gasteiger partial charge is 0.461 e. The fourth-order valence-electron chi connectivity index (χ4n) is 4.71. The summed E-state index contributed by atoms with van der Waals surface area (Å²) in [7, 11) is 0. The van der Waals surface area contributed by atoms with Gasteiger partial charge in [-0.1, -0.05) is 26.0 Å². The number of imidazole rings is 1. The van der Waals surface area contributed by atoms with Crippen molar-refractivity contribution >= 4 is 23.8 Å². The van der Waals surface area contributed by atoms with Gasteiger partial charge in [-0.25, -0.2) is 19.6 Å². The third-order valence-electron chi connectivity index (χ3n) is 6.76. The molecule has 2 amide bonds. The topological polar surface area (TPSA) is 127 Å². The van der Waals surface area contributed by atoms with Crippen LogP contribution in [-0.4, -0.2) is 56.6 Å². The highest BCUT2D eigenvalue weighted by Crippen LogP contribution is 2.34. The molecular formula is C31H39N5O5. The summed E-state index contributed by atoms with van der Waals surface area (Å²) in [4.78, 5) is 52.7. The van der Waals surface area contributed by atoms with Crippen molar-refractivity contribution in [2.45, 2.75) is 78.4 Å². The Balaban J connectivity index is 1.61. The number of hydrogen-bond acceptors (Lipinski definition) is 7. The molecule has 0 unspecified atom stereocenters. The Kier molecular flexibility index (Phi) is 9.10. The van der Waals surface area contributed by atoms with Crippen molar-refractivity contribution < 1.29 is 23.9 Å². The molecule has 4 rings (SSSR count). The summed E-state index contributed by atoms with van der Waals surface area (Å²) in [6.07, 6.45) is 3.71. The maximum absolute atomic E-state index is 13.0. The zero-order valence-electron chi connectivity index (χ0n) is 24.6. The monoisotopic (exact) mass is 561 g/mol. The van der Waals surface area contributed by atoms with E-state index in [1.165, 1.54) is 0 Å². The lowest BCUT2D eigenvalue weighted by Gasteiger charge is -2.35. The van der Waals surface area contributed by atoms with Gasteiger partial charge in [-0.3, -0.25) is 9.69 Å². The zero-order valence-corrected chi connectivity index (χ0v) is 24.6. The highest BCUT2D eigenvalue weighted by Gasteiger charge is 2.34. The Hall–Kier alpha value is -4.21. The molecule has 41 heavy (non-hydrogen) atoms. The highest BCUT2D eigenvalue weighted by molar-refractivity contribution is 6.04. The van der Waals surface area contributed by atoms with Gasteiger partial charge in [0.1, 0.15) is 22.9 Å². The van der Waals surface area contributed by atoms with Crippen molar-refractivity contribution in [3.8, 4) is 11.3 Å². The van der Waals surface area contributed by atoms with Gasteiger partial charge >= 0.3 is 12.1 Å². The number of aromatic nitrogens is 3. The van der Waals surface area contributed by atoms with Crippen LogP contribution in [0.4, 0.5) is 10.6 Å². The van der Waals surface area contributed by atoms with E-state index < -0.39 is 17.7 Å². The van der Waals surface area contributed by atoms with Crippen molar-refractivity contribution in [2.75, 3.05) is 18.5 Å². The number of esters is 1. The Morgan fingerprint density at radius 1 is 1.12 bits per heavy atom. The average molecular weight is 562 g/mol. The van der Waals surface area contributed by atoms with E-state index in [0.29, 0.717) is 47.3 Å². The van der Waals surface area contributed by atoms with E-state index in [4.69, 9.17) is 14.5 Å². The van der Waals surface area contributed by atoms with E-state index in [9.17, 15) is 14.4 Å². The summed E-state index contributed by atoms with van der Waals surface area (Å²) in [5, 5.41) is 2.84. The molecule has 0 bridgehead atoms. The van der Waals surface area contributed by atoms with E-state index in [2.05, 4.69) is 29.1 Å². The van der Waals surface area contributed by atoms with Gasteiger partial charge in [0.2, 0.25) is 0 Å². The molecule has 10 nitrogen and oxygen atoms in total. The van der Waals surface area contributed by atoms with Crippen LogP contribution in [0, 0.1) is 0 Å². The summed E-state index contributed by atoms with van der Waals surface area (Å²) >= 11 is 0. The second-order valence-electron chi connectivity index (χ2n) is 11.4. The molecule has 3 aromatic rings. The molecule has 2 N–H and O–H groups in total. The standard InChI is InChI=1S/C31H39N5O5/c1-7-40-29(38)26-25(34-27(35-26)23-10-8-9-17-36(23)30(39)41-31(4,5)6)20-11-13-21(14-12-20)28(37)33-24-18-22(19(2)3)15-16-32-24/h11-16,18-19,23H,7-10,17H2,1-6H3,(H,34,35)(H,32,33,37)/t23-/m0/s1. The summed E-state index contributed by atoms with van der Waals surface area (Å²) in [6, 6.07) is 10.2. The molecule has 0 saturated carbocycles. The minimum Gasteiger partial charge on any atom is -0.461 e. The number of likely N-dealkylation sites (tertiary alicyclic amines) is 1. The molecule has 218 valence electrons. The number of aromatic amines is 1. The Morgan fingerprint density at radius 2 is 1.85 bits per heavy atom. The van der Waals surface area contributed by atoms with Crippen LogP contribution in [0.1, 0.15) is 105 Å². The Morgan fingerprint density at radius 3 is 2.51 bits per heavy atom. The van der Waals surface area contributed by atoms with Gasteiger partial charge in [0, 0.05) is 23.9 Å². The van der Waals surface area contributed by atoms with Crippen molar-refractivity contribution in [2.24, 2.45) is 0 Å². The number of pyridine rings is 1. The molecule has 0 spiro atoms. The van der Waals surface area contributed by atoms with E-state index in [0.717, 1.165) is 18.4 Å².